The first-order chi connectivity index (χ1) is 24.8. The molecule has 4 aliphatic rings. The van der Waals surface area contributed by atoms with Crippen LogP contribution in [0.15, 0.2) is 64.6 Å². The van der Waals surface area contributed by atoms with Crippen LogP contribution in [0.5, 0.6) is 0 Å². The molecule has 0 unspecified atom stereocenters. The highest BCUT2D eigenvalue weighted by molar-refractivity contribution is 5.99. The summed E-state index contributed by atoms with van der Waals surface area (Å²) in [7, 11) is 1.80. The third kappa shape index (κ3) is 7.08. The number of carbonyl (C=O) groups excluding carboxylic acids is 3. The number of likely N-dealkylation sites (tertiary alicyclic amines) is 1. The van der Waals surface area contributed by atoms with Gasteiger partial charge in [-0.25, -0.2) is 9.59 Å². The Morgan fingerprint density at radius 3 is 2.40 bits per heavy atom. The summed E-state index contributed by atoms with van der Waals surface area (Å²) in [5.74, 6) is 3.82. The van der Waals surface area contributed by atoms with Gasteiger partial charge in [-0.2, -0.15) is 13.2 Å². The van der Waals surface area contributed by atoms with Gasteiger partial charge in [-0.15, -0.1) is 0 Å². The van der Waals surface area contributed by atoms with Gasteiger partial charge in [-0.3, -0.25) is 9.69 Å². The van der Waals surface area contributed by atoms with Gasteiger partial charge in [0.15, 0.2) is 5.94 Å². The van der Waals surface area contributed by atoms with Gasteiger partial charge in [-0.05, 0) is 119 Å². The molecule has 12 heteroatoms. The molecule has 9 nitrogen and oxygen atoms in total. The zero-order valence-corrected chi connectivity index (χ0v) is 30.4. The molecule has 2 aromatic rings. The van der Waals surface area contributed by atoms with Crippen molar-refractivity contribution in [2.75, 3.05) is 62.8 Å². The minimum absolute atomic E-state index is 0.134. The normalized spacial score (nSPS) is 19.2. The number of anilines is 2. The summed E-state index contributed by atoms with van der Waals surface area (Å²) in [6.45, 7) is 9.45. The molecule has 2 saturated heterocycles. The summed E-state index contributed by atoms with van der Waals surface area (Å²) in [4.78, 5) is 43.9. The summed E-state index contributed by atoms with van der Waals surface area (Å²) >= 11 is 0. The lowest BCUT2D eigenvalue weighted by atomic mass is 9.72. The van der Waals surface area contributed by atoms with Crippen molar-refractivity contribution in [3.8, 4) is 11.1 Å². The van der Waals surface area contributed by atoms with Crippen LogP contribution in [-0.2, 0) is 19.7 Å². The number of carbonyl (C=O) groups is 1. The number of piperidine rings is 1. The lowest BCUT2D eigenvalue weighted by Gasteiger charge is -2.40. The van der Waals surface area contributed by atoms with Crippen LogP contribution < -0.4 is 20.4 Å². The van der Waals surface area contributed by atoms with E-state index in [0.717, 1.165) is 64.3 Å². The topological polar surface area (TPSA) is 94.2 Å². The number of hydrogen-bond acceptors (Lipinski definition) is 8. The fourth-order valence-corrected chi connectivity index (χ4v) is 8.50. The molecule has 52 heavy (non-hydrogen) atoms. The number of fused-ring (bicyclic) bond motifs is 2. The molecule has 1 spiro atoms. The maximum Gasteiger partial charge on any atom is 0.401 e. The molecule has 0 aliphatic carbocycles. The molecule has 2 N–H and O–H groups in total. The SMILES string of the molecule is CCN(c1cc(-c2ccc3c(c2)N(C)C(=C=O)C32CCN(CC(F)(F)F)CC2)cc(C(=O)NCC2=C(C)C=C(C)NC2=C=O)c1C)C1CCOCC1. The number of likely N-dealkylation sites (N-methyl/N-ethyl adjacent to an activating group) is 1. The second-order valence-electron chi connectivity index (χ2n) is 14.3. The maximum atomic E-state index is 14.1. The van der Waals surface area contributed by atoms with Crippen LogP contribution >= 0.6 is 0 Å². The molecule has 276 valence electrons. The number of halogens is 3. The molecule has 4 aliphatic heterocycles. The van der Waals surface area contributed by atoms with E-state index < -0.39 is 18.1 Å². The fraction of sp³-hybridized carbons (Fsp3) is 0.475. The molecule has 0 atom stereocenters. The van der Waals surface area contributed by atoms with E-state index in [2.05, 4.69) is 34.5 Å². The van der Waals surface area contributed by atoms with Gasteiger partial charge >= 0.3 is 6.18 Å². The number of benzene rings is 2. The Balaban J connectivity index is 1.39. The number of amides is 1. The van der Waals surface area contributed by atoms with Crippen molar-refractivity contribution in [3.63, 3.8) is 0 Å². The molecular formula is C40H46F3N5O4. The number of hydrogen-bond donors (Lipinski definition) is 2. The highest BCUT2D eigenvalue weighted by atomic mass is 19.4. The number of dihydropyridines is 1. The van der Waals surface area contributed by atoms with E-state index in [0.29, 0.717) is 48.6 Å². The van der Waals surface area contributed by atoms with Crippen LogP contribution in [0.2, 0.25) is 0 Å². The highest BCUT2D eigenvalue weighted by Crippen LogP contribution is 2.53. The van der Waals surface area contributed by atoms with E-state index >= 15 is 0 Å². The predicted octanol–water partition coefficient (Wildman–Crippen LogP) is 6.00. The Morgan fingerprint density at radius 2 is 1.77 bits per heavy atom. The molecule has 2 fully saturated rings. The Labute approximate surface area is 302 Å². The van der Waals surface area contributed by atoms with Crippen LogP contribution in [0, 0.1) is 6.92 Å². The van der Waals surface area contributed by atoms with Gasteiger partial charge in [0.1, 0.15) is 17.3 Å². The van der Waals surface area contributed by atoms with Crippen molar-refractivity contribution in [1.29, 1.82) is 0 Å². The zero-order valence-electron chi connectivity index (χ0n) is 30.4. The summed E-state index contributed by atoms with van der Waals surface area (Å²) in [5, 5.41) is 6.08. The van der Waals surface area contributed by atoms with Crippen molar-refractivity contribution < 1.29 is 32.3 Å². The Kier molecular flexibility index (Phi) is 10.6. The average molecular weight is 718 g/mol. The molecule has 6 rings (SSSR count). The predicted molar refractivity (Wildman–Crippen MR) is 196 cm³/mol. The molecule has 4 heterocycles. The van der Waals surface area contributed by atoms with E-state index in [9.17, 15) is 27.6 Å². The lowest BCUT2D eigenvalue weighted by Crippen LogP contribution is -2.46. The quantitative estimate of drug-likeness (QED) is 0.322. The van der Waals surface area contributed by atoms with E-state index in [1.165, 1.54) is 4.90 Å². The third-order valence-corrected chi connectivity index (χ3v) is 11.2. The van der Waals surface area contributed by atoms with Crippen molar-refractivity contribution >= 4 is 29.2 Å². The summed E-state index contributed by atoms with van der Waals surface area (Å²) in [6, 6.07) is 10.2. The van der Waals surface area contributed by atoms with Gasteiger partial charge in [-0.1, -0.05) is 12.1 Å². The molecule has 0 aromatic heterocycles. The first-order valence-electron chi connectivity index (χ1n) is 17.9. The smallest absolute Gasteiger partial charge is 0.381 e. The minimum atomic E-state index is -4.29. The first kappa shape index (κ1) is 37.2. The van der Waals surface area contributed by atoms with E-state index in [1.54, 1.807) is 7.05 Å². The Hall–Kier alpha value is -4.60. The second-order valence-corrected chi connectivity index (χ2v) is 14.3. The zero-order chi connectivity index (χ0) is 37.4. The number of nitrogens with one attached hydrogen (secondary N) is 2. The average Bonchev–Trinajstić information content (AvgIpc) is 3.34. The van der Waals surface area contributed by atoms with Crippen LogP contribution in [-0.4, -0.2) is 87.9 Å². The number of rotatable bonds is 8. The van der Waals surface area contributed by atoms with Gasteiger partial charge in [0.05, 0.1) is 12.0 Å². The molecule has 0 saturated carbocycles. The van der Waals surface area contributed by atoms with E-state index in [4.69, 9.17) is 4.74 Å². The largest absolute Gasteiger partial charge is 0.401 e. The van der Waals surface area contributed by atoms with Crippen LogP contribution in [0.3, 0.4) is 0 Å². The van der Waals surface area contributed by atoms with Crippen molar-refractivity contribution in [2.24, 2.45) is 0 Å². The van der Waals surface area contributed by atoms with Crippen LogP contribution in [0.1, 0.15) is 67.9 Å². The van der Waals surface area contributed by atoms with Crippen molar-refractivity contribution in [3.05, 3.63) is 81.3 Å². The van der Waals surface area contributed by atoms with Gasteiger partial charge < -0.3 is 25.2 Å². The van der Waals surface area contributed by atoms with Gasteiger partial charge in [0.25, 0.3) is 5.91 Å². The lowest BCUT2D eigenvalue weighted by molar-refractivity contribution is -0.148. The summed E-state index contributed by atoms with van der Waals surface area (Å²) in [5.41, 5.74) is 7.99. The van der Waals surface area contributed by atoms with E-state index in [1.807, 2.05) is 62.0 Å². The molecule has 2 aromatic carbocycles. The third-order valence-electron chi connectivity index (χ3n) is 11.2. The van der Waals surface area contributed by atoms with Gasteiger partial charge in [0, 0.05) is 67.6 Å². The molecule has 1 amide bonds. The number of allylic oxidation sites excluding steroid dienone is 4. The number of alkyl halides is 3. The minimum Gasteiger partial charge on any atom is -0.381 e. The van der Waals surface area contributed by atoms with Crippen LogP contribution in [0.4, 0.5) is 24.5 Å². The summed E-state index contributed by atoms with van der Waals surface area (Å²) in [6.07, 6.45) is 0.109. The second kappa shape index (κ2) is 14.8. The number of ether oxygens (including phenoxy) is 1. The van der Waals surface area contributed by atoms with E-state index in [-0.39, 0.29) is 31.6 Å². The molecule has 0 radical (unpaired) electrons. The number of nitrogens with zero attached hydrogens (tertiary/aromatic N) is 3. The standard InChI is InChI=1S/C40H46F3N5O4/c1-6-48(30-9-15-52-16-10-30)35-20-29(18-31(27(35)4)38(51)44-21-32-25(2)17-26(3)45-34(32)22-49)28-7-8-33-36(19-28)46(5)37(23-50)39(33)11-13-47(14-12-39)24-40(41,42)43/h7-8,17-20,30,45H,6,9-16,21,24H2,1-5H3,(H,44,51). The van der Waals surface area contributed by atoms with Crippen molar-refractivity contribution in [1.82, 2.24) is 15.5 Å². The van der Waals surface area contributed by atoms with Crippen LogP contribution in [0.25, 0.3) is 11.1 Å². The Bertz CT molecular complexity index is 1910. The monoisotopic (exact) mass is 717 g/mol. The molecule has 0 bridgehead atoms. The van der Waals surface area contributed by atoms with Gasteiger partial charge in [0.2, 0.25) is 0 Å². The summed E-state index contributed by atoms with van der Waals surface area (Å²) < 4.78 is 45.2. The highest BCUT2D eigenvalue weighted by Gasteiger charge is 2.49. The van der Waals surface area contributed by atoms with Crippen molar-refractivity contribution in [2.45, 2.75) is 71.0 Å². The molecular weight excluding hydrogens is 671 g/mol. The Morgan fingerprint density at radius 1 is 1.06 bits per heavy atom. The first-order valence-corrected chi connectivity index (χ1v) is 17.9. The fourth-order valence-electron chi connectivity index (χ4n) is 8.50. The maximum absolute atomic E-state index is 14.1.